The Hall–Kier alpha value is -2.11. The van der Waals surface area contributed by atoms with Gasteiger partial charge in [0.1, 0.15) is 0 Å². The van der Waals surface area contributed by atoms with E-state index in [4.69, 9.17) is 0 Å². The van der Waals surface area contributed by atoms with Gasteiger partial charge in [-0.2, -0.15) is 0 Å². The molecule has 132 valence electrons. The molecule has 1 aromatic heterocycles. The number of carbonyl (C=O) groups excluding carboxylic acids is 1. The van der Waals surface area contributed by atoms with Crippen molar-refractivity contribution in [3.63, 3.8) is 0 Å². The Morgan fingerprint density at radius 3 is 2.71 bits per heavy atom. The van der Waals surface area contributed by atoms with E-state index in [1.807, 2.05) is 4.90 Å². The van der Waals surface area contributed by atoms with Crippen LogP contribution in [-0.4, -0.2) is 33.0 Å². The van der Waals surface area contributed by atoms with Gasteiger partial charge >= 0.3 is 5.69 Å². The van der Waals surface area contributed by atoms with Crippen molar-refractivity contribution in [2.24, 2.45) is 20.0 Å². The molecule has 1 saturated heterocycles. The summed E-state index contributed by atoms with van der Waals surface area (Å²) in [5.41, 5.74) is -0.425. The lowest BCUT2D eigenvalue weighted by molar-refractivity contribution is -0.125. The van der Waals surface area contributed by atoms with Gasteiger partial charge in [0.2, 0.25) is 5.91 Å². The molecule has 24 heavy (non-hydrogen) atoms. The number of aryl methyl sites for hydroxylation is 1. The second-order valence-corrected chi connectivity index (χ2v) is 6.59. The van der Waals surface area contributed by atoms with Crippen LogP contribution in [0.1, 0.15) is 44.6 Å². The van der Waals surface area contributed by atoms with E-state index in [9.17, 15) is 14.4 Å². The zero-order valence-corrected chi connectivity index (χ0v) is 14.8. The summed E-state index contributed by atoms with van der Waals surface area (Å²) in [7, 11) is 3.02. The highest BCUT2D eigenvalue weighted by atomic mass is 16.2. The van der Waals surface area contributed by atoms with Gasteiger partial charge in [0.15, 0.2) is 0 Å². The third kappa shape index (κ3) is 4.24. The van der Waals surface area contributed by atoms with Crippen LogP contribution in [0, 0.1) is 5.92 Å². The van der Waals surface area contributed by atoms with Gasteiger partial charge in [-0.1, -0.05) is 19.8 Å². The molecule has 6 nitrogen and oxygen atoms in total. The van der Waals surface area contributed by atoms with Crippen LogP contribution < -0.4 is 11.2 Å². The van der Waals surface area contributed by atoms with Crippen LogP contribution in [0.15, 0.2) is 21.9 Å². The number of amides is 1. The molecule has 2 rings (SSSR count). The first-order chi connectivity index (χ1) is 11.4. The highest BCUT2D eigenvalue weighted by molar-refractivity contribution is 5.91. The van der Waals surface area contributed by atoms with Gasteiger partial charge in [0.05, 0.1) is 5.56 Å². The molecule has 1 aliphatic heterocycles. The summed E-state index contributed by atoms with van der Waals surface area (Å²) in [6.45, 7) is 3.75. The molecule has 6 heteroatoms. The highest BCUT2D eigenvalue weighted by Crippen LogP contribution is 2.22. The fraction of sp³-hybridized carbons (Fsp3) is 0.611. The van der Waals surface area contributed by atoms with Crippen LogP contribution in [0.25, 0.3) is 6.08 Å². The maximum Gasteiger partial charge on any atom is 0.330 e. The molecule has 1 amide bonds. The van der Waals surface area contributed by atoms with Gasteiger partial charge in [-0.15, -0.1) is 0 Å². The third-order valence-electron chi connectivity index (χ3n) is 4.73. The number of likely N-dealkylation sites (tertiary alicyclic amines) is 1. The predicted octanol–water partition coefficient (Wildman–Crippen LogP) is 1.53. The van der Waals surface area contributed by atoms with Crippen molar-refractivity contribution in [3.8, 4) is 0 Å². The zero-order valence-electron chi connectivity index (χ0n) is 14.8. The van der Waals surface area contributed by atoms with Gasteiger partial charge in [-0.05, 0) is 31.3 Å². The quantitative estimate of drug-likeness (QED) is 0.785. The second-order valence-electron chi connectivity index (χ2n) is 6.59. The molecule has 1 atom stereocenters. The lowest BCUT2D eigenvalue weighted by atomic mass is 9.96. The summed E-state index contributed by atoms with van der Waals surface area (Å²) in [5.74, 6) is 0.649. The molecule has 0 aliphatic carbocycles. The Labute approximate surface area is 142 Å². The average molecular weight is 333 g/mol. The van der Waals surface area contributed by atoms with Crippen LogP contribution in [0.5, 0.6) is 0 Å². The van der Waals surface area contributed by atoms with Crippen molar-refractivity contribution in [3.05, 3.63) is 38.7 Å². The number of carbonyl (C=O) groups is 1. The van der Waals surface area contributed by atoms with Crippen molar-refractivity contribution < 1.29 is 4.79 Å². The molecule has 0 N–H and O–H groups in total. The molecule has 2 heterocycles. The Kier molecular flexibility index (Phi) is 6.17. The molecule has 1 aliphatic rings. The largest absolute Gasteiger partial charge is 0.339 e. The fourth-order valence-corrected chi connectivity index (χ4v) is 3.30. The van der Waals surface area contributed by atoms with Gasteiger partial charge in [0, 0.05) is 39.5 Å². The Morgan fingerprint density at radius 1 is 1.25 bits per heavy atom. The first-order valence-electron chi connectivity index (χ1n) is 8.67. The fourth-order valence-electron chi connectivity index (χ4n) is 3.30. The molecule has 1 aromatic rings. The number of hydrogen-bond donors (Lipinski definition) is 0. The Bertz CT molecular complexity index is 730. The number of hydrogen-bond acceptors (Lipinski definition) is 3. The van der Waals surface area contributed by atoms with E-state index in [1.54, 1.807) is 7.05 Å². The topological polar surface area (TPSA) is 64.3 Å². The molecular formula is C18H27N3O3. The van der Waals surface area contributed by atoms with Crippen LogP contribution >= 0.6 is 0 Å². The minimum Gasteiger partial charge on any atom is -0.339 e. The summed E-state index contributed by atoms with van der Waals surface area (Å²) in [4.78, 5) is 38.0. The number of nitrogens with zero attached hydrogens (tertiary/aromatic N) is 3. The van der Waals surface area contributed by atoms with Gasteiger partial charge < -0.3 is 9.47 Å². The molecule has 0 spiro atoms. The molecule has 0 saturated carbocycles. The smallest absolute Gasteiger partial charge is 0.330 e. The SMILES string of the molecule is CCC[C@H]1CCCN(C(=O)/C=C\c2cn(C)c(=O)n(C)c2=O)CC1. The Morgan fingerprint density at radius 2 is 2.00 bits per heavy atom. The van der Waals surface area contributed by atoms with Crippen molar-refractivity contribution in [2.45, 2.75) is 39.0 Å². The van der Waals surface area contributed by atoms with Crippen molar-refractivity contribution in [1.29, 1.82) is 0 Å². The number of aromatic nitrogens is 2. The number of rotatable bonds is 4. The molecule has 0 bridgehead atoms. The normalized spacial score (nSPS) is 18.8. The lowest BCUT2D eigenvalue weighted by Gasteiger charge is -2.18. The van der Waals surface area contributed by atoms with Gasteiger partial charge in [-0.25, -0.2) is 4.79 Å². The van der Waals surface area contributed by atoms with E-state index >= 15 is 0 Å². The van der Waals surface area contributed by atoms with Crippen molar-refractivity contribution in [1.82, 2.24) is 14.0 Å². The summed E-state index contributed by atoms with van der Waals surface area (Å²) < 4.78 is 2.39. The summed E-state index contributed by atoms with van der Waals surface area (Å²) in [6.07, 6.45) is 10.1. The van der Waals surface area contributed by atoms with E-state index in [2.05, 4.69) is 6.92 Å². The second kappa shape index (κ2) is 8.13. The zero-order chi connectivity index (χ0) is 17.7. The highest BCUT2D eigenvalue weighted by Gasteiger charge is 2.18. The van der Waals surface area contributed by atoms with E-state index in [0.29, 0.717) is 11.5 Å². The Balaban J connectivity index is 2.08. The first-order valence-corrected chi connectivity index (χ1v) is 8.67. The van der Waals surface area contributed by atoms with Crippen molar-refractivity contribution in [2.75, 3.05) is 13.1 Å². The molecule has 1 fully saturated rings. The molecular weight excluding hydrogens is 306 g/mol. The van der Waals surface area contributed by atoms with Crippen LogP contribution in [0.2, 0.25) is 0 Å². The van der Waals surface area contributed by atoms with Crippen LogP contribution in [0.4, 0.5) is 0 Å². The predicted molar refractivity (Wildman–Crippen MR) is 94.8 cm³/mol. The van der Waals surface area contributed by atoms with Gasteiger partial charge in [0.25, 0.3) is 5.56 Å². The summed E-state index contributed by atoms with van der Waals surface area (Å²) in [5, 5.41) is 0. The first kappa shape index (κ1) is 18.2. The van der Waals surface area contributed by atoms with E-state index < -0.39 is 0 Å². The maximum absolute atomic E-state index is 12.4. The van der Waals surface area contributed by atoms with E-state index in [1.165, 1.54) is 49.2 Å². The summed E-state index contributed by atoms with van der Waals surface area (Å²) >= 11 is 0. The average Bonchev–Trinajstić information content (AvgIpc) is 2.81. The third-order valence-corrected chi connectivity index (χ3v) is 4.73. The standard InChI is InChI=1S/C18H27N3O3/c1-4-6-14-7-5-11-21(12-10-14)16(22)9-8-15-13-19(2)18(24)20(3)17(15)23/h8-9,13-14H,4-7,10-12H2,1-3H3/b9-8-/t14-/m0/s1. The minimum atomic E-state index is -0.388. The lowest BCUT2D eigenvalue weighted by Crippen LogP contribution is -2.37. The van der Waals surface area contributed by atoms with Crippen molar-refractivity contribution >= 4 is 12.0 Å². The maximum atomic E-state index is 12.4. The van der Waals surface area contributed by atoms with Crippen LogP contribution in [0.3, 0.4) is 0 Å². The monoisotopic (exact) mass is 333 g/mol. The molecule has 0 radical (unpaired) electrons. The summed E-state index contributed by atoms with van der Waals surface area (Å²) in [6, 6.07) is 0. The minimum absolute atomic E-state index is 0.0666. The van der Waals surface area contributed by atoms with Crippen LogP contribution in [-0.2, 0) is 18.9 Å². The molecule has 0 unspecified atom stereocenters. The van der Waals surface area contributed by atoms with Gasteiger partial charge in [-0.3, -0.25) is 14.2 Å². The van der Waals surface area contributed by atoms with E-state index in [-0.39, 0.29) is 17.2 Å². The van der Waals surface area contributed by atoms with E-state index in [0.717, 1.165) is 30.5 Å². The molecule has 0 aromatic carbocycles.